The van der Waals surface area contributed by atoms with Crippen molar-refractivity contribution in [2.24, 2.45) is 0 Å². The van der Waals surface area contributed by atoms with Crippen LogP contribution in [-0.2, 0) is 9.59 Å². The molecule has 6 heteroatoms. The van der Waals surface area contributed by atoms with Crippen LogP contribution in [-0.4, -0.2) is 34.3 Å². The predicted octanol–water partition coefficient (Wildman–Crippen LogP) is 1.31. The van der Waals surface area contributed by atoms with Crippen molar-refractivity contribution in [3.05, 3.63) is 17.8 Å². The van der Waals surface area contributed by atoms with Crippen LogP contribution in [0.25, 0.3) is 0 Å². The highest BCUT2D eigenvalue weighted by molar-refractivity contribution is 6.39. The number of carbonyl (C=O) groups is 2. The molecule has 1 atom stereocenters. The van der Waals surface area contributed by atoms with Crippen LogP contribution < -0.4 is 11.1 Å². The van der Waals surface area contributed by atoms with Crippen molar-refractivity contribution < 1.29 is 9.59 Å². The van der Waals surface area contributed by atoms with Crippen molar-refractivity contribution in [2.45, 2.75) is 39.2 Å². The van der Waals surface area contributed by atoms with Gasteiger partial charge in [0.15, 0.2) is 0 Å². The van der Waals surface area contributed by atoms with Gasteiger partial charge in [0, 0.05) is 12.6 Å². The molecule has 2 rings (SSSR count). The van der Waals surface area contributed by atoms with Crippen LogP contribution in [0.2, 0.25) is 0 Å². The number of pyridine rings is 1. The largest absolute Gasteiger partial charge is 0.383 e. The molecule has 0 spiro atoms. The molecule has 1 fully saturated rings. The van der Waals surface area contributed by atoms with Crippen molar-refractivity contribution in [1.82, 2.24) is 9.88 Å². The van der Waals surface area contributed by atoms with E-state index >= 15 is 0 Å². The van der Waals surface area contributed by atoms with Crippen LogP contribution in [0.15, 0.2) is 12.3 Å². The molecule has 0 aromatic carbocycles. The molecule has 1 aromatic rings. The van der Waals surface area contributed by atoms with Crippen LogP contribution in [0.5, 0.6) is 0 Å². The first-order chi connectivity index (χ1) is 9.49. The molecule has 0 aliphatic carbocycles. The lowest BCUT2D eigenvalue weighted by atomic mass is 10.0. The zero-order chi connectivity index (χ0) is 14.7. The lowest BCUT2D eigenvalue weighted by Crippen LogP contribution is -2.47. The number of amides is 2. The third kappa shape index (κ3) is 3.07. The van der Waals surface area contributed by atoms with Crippen molar-refractivity contribution in [2.75, 3.05) is 17.6 Å². The highest BCUT2D eigenvalue weighted by Gasteiger charge is 2.28. The average molecular weight is 276 g/mol. The van der Waals surface area contributed by atoms with E-state index in [1.807, 2.05) is 6.92 Å². The number of nitrogens with one attached hydrogen (secondary N) is 1. The number of anilines is 2. The second-order valence-electron chi connectivity index (χ2n) is 5.22. The van der Waals surface area contributed by atoms with Gasteiger partial charge in [-0.2, -0.15) is 0 Å². The molecule has 20 heavy (non-hydrogen) atoms. The third-order valence-corrected chi connectivity index (χ3v) is 3.63. The molecule has 0 saturated carbocycles. The van der Waals surface area contributed by atoms with Gasteiger partial charge in [0.1, 0.15) is 5.82 Å². The predicted molar refractivity (Wildman–Crippen MR) is 77.0 cm³/mol. The highest BCUT2D eigenvalue weighted by atomic mass is 16.2. The fraction of sp³-hybridized carbons (Fsp3) is 0.500. The molecule has 2 heterocycles. The molecule has 0 bridgehead atoms. The maximum Gasteiger partial charge on any atom is 0.313 e. The van der Waals surface area contributed by atoms with Gasteiger partial charge >= 0.3 is 11.8 Å². The number of piperidine rings is 1. The molecule has 1 aliphatic heterocycles. The first-order valence-electron chi connectivity index (χ1n) is 6.83. The average Bonchev–Trinajstić information content (AvgIpc) is 2.42. The van der Waals surface area contributed by atoms with Gasteiger partial charge in [-0.3, -0.25) is 9.59 Å². The number of nitrogens with zero attached hydrogens (tertiary/aromatic N) is 2. The summed E-state index contributed by atoms with van der Waals surface area (Å²) >= 11 is 0. The first-order valence-corrected chi connectivity index (χ1v) is 6.83. The van der Waals surface area contributed by atoms with Gasteiger partial charge < -0.3 is 16.0 Å². The Bertz CT molecular complexity index is 530. The molecule has 0 unspecified atom stereocenters. The molecule has 3 N–H and O–H groups in total. The number of nitrogen functional groups attached to an aromatic ring is 1. The van der Waals surface area contributed by atoms with Crippen LogP contribution >= 0.6 is 0 Å². The Hall–Kier alpha value is -2.11. The molecule has 6 nitrogen and oxygen atoms in total. The monoisotopic (exact) mass is 276 g/mol. The second kappa shape index (κ2) is 5.90. The van der Waals surface area contributed by atoms with Gasteiger partial charge in [0.05, 0.1) is 11.9 Å². The number of aryl methyl sites for hydroxylation is 1. The molecule has 0 radical (unpaired) electrons. The summed E-state index contributed by atoms with van der Waals surface area (Å²) in [4.78, 5) is 29.7. The molecule has 2 amide bonds. The number of hydrogen-bond acceptors (Lipinski definition) is 4. The molecule has 1 aliphatic rings. The van der Waals surface area contributed by atoms with E-state index in [2.05, 4.69) is 10.3 Å². The van der Waals surface area contributed by atoms with Crippen molar-refractivity contribution in [1.29, 1.82) is 0 Å². The van der Waals surface area contributed by atoms with Gasteiger partial charge in [0.2, 0.25) is 0 Å². The SMILES string of the molecule is Cc1cc(NC(=O)C(=O)N2CCCC[C@@H]2C)cnc1N. The minimum atomic E-state index is -0.621. The van der Waals surface area contributed by atoms with E-state index in [1.165, 1.54) is 6.20 Å². The third-order valence-electron chi connectivity index (χ3n) is 3.63. The molecule has 1 saturated heterocycles. The number of aromatic nitrogens is 1. The number of hydrogen-bond donors (Lipinski definition) is 2. The van der Waals surface area contributed by atoms with E-state index in [9.17, 15) is 9.59 Å². The Morgan fingerprint density at radius 3 is 2.85 bits per heavy atom. The quantitative estimate of drug-likeness (QED) is 0.757. The van der Waals surface area contributed by atoms with E-state index < -0.39 is 11.8 Å². The summed E-state index contributed by atoms with van der Waals surface area (Å²) in [5, 5.41) is 2.58. The molecule has 108 valence electrons. The summed E-state index contributed by atoms with van der Waals surface area (Å²) in [6, 6.07) is 1.82. The van der Waals surface area contributed by atoms with E-state index in [0.717, 1.165) is 24.8 Å². The van der Waals surface area contributed by atoms with E-state index in [0.29, 0.717) is 18.1 Å². The van der Waals surface area contributed by atoms with Crippen LogP contribution in [0.4, 0.5) is 11.5 Å². The number of likely N-dealkylation sites (tertiary alicyclic amines) is 1. The van der Waals surface area contributed by atoms with Crippen molar-refractivity contribution in [3.8, 4) is 0 Å². The Morgan fingerprint density at radius 2 is 2.20 bits per heavy atom. The molecular weight excluding hydrogens is 256 g/mol. The van der Waals surface area contributed by atoms with Crippen molar-refractivity contribution >= 4 is 23.3 Å². The van der Waals surface area contributed by atoms with Gasteiger partial charge in [-0.05, 0) is 44.7 Å². The van der Waals surface area contributed by atoms with Gasteiger partial charge in [-0.25, -0.2) is 4.98 Å². The lowest BCUT2D eigenvalue weighted by Gasteiger charge is -2.32. The Morgan fingerprint density at radius 1 is 1.45 bits per heavy atom. The maximum atomic E-state index is 12.1. The first kappa shape index (κ1) is 14.3. The summed E-state index contributed by atoms with van der Waals surface area (Å²) in [5.41, 5.74) is 6.87. The fourth-order valence-corrected chi connectivity index (χ4v) is 2.37. The second-order valence-corrected chi connectivity index (χ2v) is 5.22. The van der Waals surface area contributed by atoms with Gasteiger partial charge in [0.25, 0.3) is 0 Å². The summed E-state index contributed by atoms with van der Waals surface area (Å²) in [7, 11) is 0. The minimum Gasteiger partial charge on any atom is -0.383 e. The number of rotatable bonds is 1. The molecular formula is C14H20N4O2. The summed E-state index contributed by atoms with van der Waals surface area (Å²) in [6.07, 6.45) is 4.45. The minimum absolute atomic E-state index is 0.119. The van der Waals surface area contributed by atoms with Crippen LogP contribution in [0.1, 0.15) is 31.7 Å². The van der Waals surface area contributed by atoms with E-state index in [4.69, 9.17) is 5.73 Å². The normalized spacial score (nSPS) is 18.7. The fourth-order valence-electron chi connectivity index (χ4n) is 2.37. The van der Waals surface area contributed by atoms with Crippen LogP contribution in [0, 0.1) is 6.92 Å². The Kier molecular flexibility index (Phi) is 4.22. The van der Waals surface area contributed by atoms with Crippen molar-refractivity contribution in [3.63, 3.8) is 0 Å². The zero-order valence-electron chi connectivity index (χ0n) is 11.8. The molecule has 1 aromatic heterocycles. The lowest BCUT2D eigenvalue weighted by molar-refractivity contribution is -0.145. The van der Waals surface area contributed by atoms with Gasteiger partial charge in [-0.1, -0.05) is 0 Å². The Labute approximate surface area is 118 Å². The smallest absolute Gasteiger partial charge is 0.313 e. The summed E-state index contributed by atoms with van der Waals surface area (Å²) < 4.78 is 0. The van der Waals surface area contributed by atoms with E-state index in [-0.39, 0.29) is 6.04 Å². The number of nitrogens with two attached hydrogens (primary N) is 1. The maximum absolute atomic E-state index is 12.1. The number of carbonyl (C=O) groups excluding carboxylic acids is 2. The highest BCUT2D eigenvalue weighted by Crippen LogP contribution is 2.17. The Balaban J connectivity index is 2.03. The summed E-state index contributed by atoms with van der Waals surface area (Å²) in [5.74, 6) is -0.685. The summed E-state index contributed by atoms with van der Waals surface area (Å²) in [6.45, 7) is 4.41. The van der Waals surface area contributed by atoms with E-state index in [1.54, 1.807) is 17.9 Å². The standard InChI is InChI=1S/C14H20N4O2/c1-9-7-11(8-16-12(9)15)17-13(19)14(20)18-6-4-3-5-10(18)2/h7-8,10H,3-6H2,1-2H3,(H2,15,16)(H,17,19)/t10-/m0/s1. The topological polar surface area (TPSA) is 88.3 Å². The van der Waals surface area contributed by atoms with Crippen LogP contribution in [0.3, 0.4) is 0 Å². The van der Waals surface area contributed by atoms with Gasteiger partial charge in [-0.15, -0.1) is 0 Å². The zero-order valence-corrected chi connectivity index (χ0v) is 11.8.